The van der Waals surface area contributed by atoms with E-state index in [1.165, 1.54) is 14.0 Å². The van der Waals surface area contributed by atoms with Gasteiger partial charge < -0.3 is 19.2 Å². The largest absolute Gasteiger partial charge is 0.458 e. The summed E-state index contributed by atoms with van der Waals surface area (Å²) in [6.45, 7) is 1.18. The highest BCUT2D eigenvalue weighted by molar-refractivity contribution is 5.80. The Hall–Kier alpha value is -2.34. The molecule has 0 radical (unpaired) electrons. The molecule has 0 saturated carbocycles. The molecule has 1 aromatic heterocycles. The van der Waals surface area contributed by atoms with Crippen LogP contribution in [0.5, 0.6) is 0 Å². The van der Waals surface area contributed by atoms with Crippen LogP contribution >= 0.6 is 0 Å². The fourth-order valence-electron chi connectivity index (χ4n) is 1.89. The average Bonchev–Trinajstić information content (AvgIpc) is 2.89. The first kappa shape index (κ1) is 15.1. The second kappa shape index (κ2) is 6.90. The summed E-state index contributed by atoms with van der Waals surface area (Å²) in [5, 5.41) is 3.60. The zero-order valence-electron chi connectivity index (χ0n) is 11.9. The van der Waals surface area contributed by atoms with Crippen LogP contribution in [0.15, 0.2) is 34.7 Å². The molecule has 0 aliphatic carbocycles. The van der Waals surface area contributed by atoms with Crippen LogP contribution in [0.3, 0.4) is 0 Å². The number of hydrogen-bond acceptors (Lipinski definition) is 5. The number of carbonyl (C=O) groups is 2. The SMILES string of the molecule is CO[C@H](CNC(=O)COC(C)=O)c1cc2ccccc2o1. The van der Waals surface area contributed by atoms with Crippen LogP contribution in [0.4, 0.5) is 0 Å². The van der Waals surface area contributed by atoms with Gasteiger partial charge in [0.25, 0.3) is 5.91 Å². The Balaban J connectivity index is 1.96. The van der Waals surface area contributed by atoms with E-state index in [1.54, 1.807) is 0 Å². The normalized spacial score (nSPS) is 12.1. The summed E-state index contributed by atoms with van der Waals surface area (Å²) in [6, 6.07) is 9.49. The highest BCUT2D eigenvalue weighted by Crippen LogP contribution is 2.25. The maximum atomic E-state index is 11.5. The van der Waals surface area contributed by atoms with Crippen LogP contribution in [-0.4, -0.2) is 32.1 Å². The van der Waals surface area contributed by atoms with Gasteiger partial charge in [0.15, 0.2) is 6.61 Å². The van der Waals surface area contributed by atoms with E-state index in [0.717, 1.165) is 11.0 Å². The Kier molecular flexibility index (Phi) is 4.94. The van der Waals surface area contributed by atoms with Gasteiger partial charge in [0.1, 0.15) is 17.4 Å². The lowest BCUT2D eigenvalue weighted by molar-refractivity contribution is -0.146. The number of fused-ring (bicyclic) bond motifs is 1. The lowest BCUT2D eigenvalue weighted by atomic mass is 10.2. The molecule has 1 amide bonds. The van der Waals surface area contributed by atoms with Crippen LogP contribution in [0.2, 0.25) is 0 Å². The lowest BCUT2D eigenvalue weighted by Crippen LogP contribution is -2.32. The number of carbonyl (C=O) groups excluding carboxylic acids is 2. The van der Waals surface area contributed by atoms with Crippen LogP contribution in [0.1, 0.15) is 18.8 Å². The van der Waals surface area contributed by atoms with E-state index in [4.69, 9.17) is 9.15 Å². The molecule has 0 aliphatic rings. The van der Waals surface area contributed by atoms with Gasteiger partial charge in [-0.25, -0.2) is 0 Å². The predicted molar refractivity (Wildman–Crippen MR) is 75.6 cm³/mol. The van der Waals surface area contributed by atoms with Crippen molar-refractivity contribution in [2.24, 2.45) is 0 Å². The maximum absolute atomic E-state index is 11.5. The minimum atomic E-state index is -0.495. The second-order valence-electron chi connectivity index (χ2n) is 4.50. The second-order valence-corrected chi connectivity index (χ2v) is 4.50. The van der Waals surface area contributed by atoms with Crippen LogP contribution < -0.4 is 5.32 Å². The lowest BCUT2D eigenvalue weighted by Gasteiger charge is -2.13. The van der Waals surface area contributed by atoms with Crippen LogP contribution in [0, 0.1) is 0 Å². The number of esters is 1. The summed E-state index contributed by atoms with van der Waals surface area (Å²) in [6.07, 6.45) is -0.404. The van der Waals surface area contributed by atoms with Crippen molar-refractivity contribution in [2.45, 2.75) is 13.0 Å². The van der Waals surface area contributed by atoms with Gasteiger partial charge in [0, 0.05) is 19.4 Å². The Bertz CT molecular complexity index is 601. The molecule has 0 saturated heterocycles. The molecule has 0 fully saturated rings. The highest BCUT2D eigenvalue weighted by atomic mass is 16.5. The molecule has 2 aromatic rings. The molecule has 2 rings (SSSR count). The summed E-state index contributed by atoms with van der Waals surface area (Å²) in [7, 11) is 1.54. The van der Waals surface area contributed by atoms with E-state index >= 15 is 0 Å². The van der Waals surface area contributed by atoms with Gasteiger partial charge in [-0.15, -0.1) is 0 Å². The number of ether oxygens (including phenoxy) is 2. The highest BCUT2D eigenvalue weighted by Gasteiger charge is 2.17. The zero-order valence-corrected chi connectivity index (χ0v) is 11.9. The van der Waals surface area contributed by atoms with Crippen LogP contribution in [0.25, 0.3) is 11.0 Å². The number of benzene rings is 1. The monoisotopic (exact) mass is 291 g/mol. The fourth-order valence-corrected chi connectivity index (χ4v) is 1.89. The van der Waals surface area contributed by atoms with Gasteiger partial charge in [-0.05, 0) is 12.1 Å². The number of furan rings is 1. The van der Waals surface area contributed by atoms with Crippen LogP contribution in [-0.2, 0) is 19.1 Å². The van der Waals surface area contributed by atoms with Crippen molar-refractivity contribution in [3.63, 3.8) is 0 Å². The molecule has 1 aromatic carbocycles. The van der Waals surface area contributed by atoms with Gasteiger partial charge in [-0.3, -0.25) is 9.59 Å². The Morgan fingerprint density at radius 3 is 2.76 bits per heavy atom. The van der Waals surface area contributed by atoms with E-state index in [9.17, 15) is 9.59 Å². The Labute approximate surface area is 122 Å². The van der Waals surface area contributed by atoms with Crippen molar-refractivity contribution < 1.29 is 23.5 Å². The first-order chi connectivity index (χ1) is 10.1. The molecule has 0 aliphatic heterocycles. The topological polar surface area (TPSA) is 77.8 Å². The minimum absolute atomic E-state index is 0.233. The molecule has 0 spiro atoms. The summed E-state index contributed by atoms with van der Waals surface area (Å²) in [4.78, 5) is 22.1. The Morgan fingerprint density at radius 2 is 2.10 bits per heavy atom. The molecular weight excluding hydrogens is 274 g/mol. The van der Waals surface area contributed by atoms with Gasteiger partial charge in [-0.1, -0.05) is 18.2 Å². The third-order valence-corrected chi connectivity index (χ3v) is 2.94. The third kappa shape index (κ3) is 4.06. The molecule has 1 N–H and O–H groups in total. The molecule has 21 heavy (non-hydrogen) atoms. The molecule has 6 nitrogen and oxygen atoms in total. The van der Waals surface area contributed by atoms with E-state index in [1.807, 2.05) is 30.3 Å². The standard InChI is InChI=1S/C15H17NO5/c1-10(17)20-9-15(18)16-8-14(19-2)13-7-11-5-3-4-6-12(11)21-13/h3-7,14H,8-9H2,1-2H3,(H,16,18)/t14-/m1/s1. The molecule has 6 heteroatoms. The summed E-state index contributed by atoms with van der Waals surface area (Å²) in [5.41, 5.74) is 0.765. The predicted octanol–water partition coefficient (Wildman–Crippen LogP) is 1.80. The summed E-state index contributed by atoms with van der Waals surface area (Å²) >= 11 is 0. The van der Waals surface area contributed by atoms with Gasteiger partial charge in [0.2, 0.25) is 0 Å². The number of hydrogen-bond donors (Lipinski definition) is 1. The first-order valence-electron chi connectivity index (χ1n) is 6.51. The number of methoxy groups -OCH3 is 1. The van der Waals surface area contributed by atoms with E-state index < -0.39 is 12.1 Å². The van der Waals surface area contributed by atoms with E-state index in [2.05, 4.69) is 10.1 Å². The van der Waals surface area contributed by atoms with Crippen molar-refractivity contribution in [3.8, 4) is 0 Å². The fraction of sp³-hybridized carbons (Fsp3) is 0.333. The molecule has 1 heterocycles. The first-order valence-corrected chi connectivity index (χ1v) is 6.51. The van der Waals surface area contributed by atoms with Gasteiger partial charge >= 0.3 is 5.97 Å². The number of rotatable bonds is 6. The number of para-hydroxylation sites is 1. The third-order valence-electron chi connectivity index (χ3n) is 2.94. The van der Waals surface area contributed by atoms with Crippen molar-refractivity contribution in [1.82, 2.24) is 5.32 Å². The van der Waals surface area contributed by atoms with Crippen molar-refractivity contribution in [3.05, 3.63) is 36.1 Å². The molecule has 0 bridgehead atoms. The maximum Gasteiger partial charge on any atom is 0.303 e. The smallest absolute Gasteiger partial charge is 0.303 e. The summed E-state index contributed by atoms with van der Waals surface area (Å²) in [5.74, 6) is -0.249. The van der Waals surface area contributed by atoms with Gasteiger partial charge in [0.05, 0.1) is 6.54 Å². The van der Waals surface area contributed by atoms with Crippen molar-refractivity contribution >= 4 is 22.8 Å². The Morgan fingerprint density at radius 1 is 1.33 bits per heavy atom. The van der Waals surface area contributed by atoms with Crippen molar-refractivity contribution in [1.29, 1.82) is 0 Å². The average molecular weight is 291 g/mol. The zero-order chi connectivity index (χ0) is 15.2. The molecular formula is C15H17NO5. The van der Waals surface area contributed by atoms with E-state index in [-0.39, 0.29) is 19.1 Å². The number of nitrogens with one attached hydrogen (secondary N) is 1. The summed E-state index contributed by atoms with van der Waals surface area (Å²) < 4.78 is 15.6. The molecule has 1 atom stereocenters. The number of amides is 1. The van der Waals surface area contributed by atoms with E-state index in [0.29, 0.717) is 5.76 Å². The van der Waals surface area contributed by atoms with Crippen molar-refractivity contribution in [2.75, 3.05) is 20.3 Å². The quantitative estimate of drug-likeness (QED) is 0.821. The molecule has 112 valence electrons. The van der Waals surface area contributed by atoms with Gasteiger partial charge in [-0.2, -0.15) is 0 Å². The molecule has 0 unspecified atom stereocenters. The minimum Gasteiger partial charge on any atom is -0.458 e.